The summed E-state index contributed by atoms with van der Waals surface area (Å²) in [5.74, 6) is -0.696. The smallest absolute Gasteiger partial charge is 0.253 e. The molecular weight excluding hydrogens is 373 g/mol. The number of benzene rings is 2. The lowest BCUT2D eigenvalue weighted by Crippen LogP contribution is -2.36. The molecule has 0 spiro atoms. The fourth-order valence-electron chi connectivity index (χ4n) is 2.41. The van der Waals surface area contributed by atoms with Crippen LogP contribution in [0.5, 0.6) is 0 Å². The normalized spacial score (nSPS) is 10.7. The Morgan fingerprint density at radius 2 is 1.69 bits per heavy atom. The molecule has 0 fully saturated rings. The van der Waals surface area contributed by atoms with Crippen LogP contribution in [0.4, 0.5) is 0 Å². The van der Waals surface area contributed by atoms with Crippen LogP contribution in [0.3, 0.4) is 0 Å². The van der Waals surface area contributed by atoms with E-state index >= 15 is 0 Å². The zero-order valence-corrected chi connectivity index (χ0v) is 16.2. The lowest BCUT2D eigenvalue weighted by Gasteiger charge is -2.15. The molecule has 2 aromatic rings. The highest BCUT2D eigenvalue weighted by Crippen LogP contribution is 2.20. The van der Waals surface area contributed by atoms with Gasteiger partial charge in [-0.05, 0) is 43.4 Å². The first-order chi connectivity index (χ1) is 12.4. The summed E-state index contributed by atoms with van der Waals surface area (Å²) in [7, 11) is 3.99. The number of amides is 2. The van der Waals surface area contributed by atoms with Crippen molar-refractivity contribution in [3.63, 3.8) is 0 Å². The SMILES string of the molecule is CN(C)Cc1ccccc1CNC(=O)CNC(=O)c1ccc(Cl)cc1Cl. The van der Waals surface area contributed by atoms with Gasteiger partial charge in [-0.3, -0.25) is 9.59 Å². The van der Waals surface area contributed by atoms with Gasteiger partial charge in [0.1, 0.15) is 0 Å². The lowest BCUT2D eigenvalue weighted by atomic mass is 10.1. The number of rotatable bonds is 7. The molecule has 0 bridgehead atoms. The first-order valence-electron chi connectivity index (χ1n) is 8.08. The molecule has 2 aromatic carbocycles. The molecule has 0 aliphatic rings. The van der Waals surface area contributed by atoms with Crippen molar-refractivity contribution in [2.45, 2.75) is 13.1 Å². The third kappa shape index (κ3) is 6.02. The third-order valence-electron chi connectivity index (χ3n) is 3.67. The molecule has 2 rings (SSSR count). The van der Waals surface area contributed by atoms with Gasteiger partial charge in [-0.15, -0.1) is 0 Å². The van der Waals surface area contributed by atoms with E-state index in [9.17, 15) is 9.59 Å². The van der Waals surface area contributed by atoms with Crippen molar-refractivity contribution in [2.24, 2.45) is 0 Å². The molecule has 0 saturated heterocycles. The summed E-state index contributed by atoms with van der Waals surface area (Å²) >= 11 is 11.8. The van der Waals surface area contributed by atoms with Gasteiger partial charge in [0.25, 0.3) is 5.91 Å². The molecule has 2 amide bonds. The van der Waals surface area contributed by atoms with Crippen molar-refractivity contribution in [1.29, 1.82) is 0 Å². The summed E-state index contributed by atoms with van der Waals surface area (Å²) in [5.41, 5.74) is 2.47. The average Bonchev–Trinajstić information content (AvgIpc) is 2.58. The maximum absolute atomic E-state index is 12.1. The summed E-state index contributed by atoms with van der Waals surface area (Å²) < 4.78 is 0. The zero-order chi connectivity index (χ0) is 19.1. The third-order valence-corrected chi connectivity index (χ3v) is 4.21. The first kappa shape index (κ1) is 20.2. The maximum atomic E-state index is 12.1. The van der Waals surface area contributed by atoms with E-state index in [4.69, 9.17) is 23.2 Å². The molecule has 7 heteroatoms. The van der Waals surface area contributed by atoms with E-state index in [-0.39, 0.29) is 23.0 Å². The predicted octanol–water partition coefficient (Wildman–Crippen LogP) is 3.10. The second-order valence-electron chi connectivity index (χ2n) is 6.09. The van der Waals surface area contributed by atoms with Gasteiger partial charge in [0, 0.05) is 18.1 Å². The minimum absolute atomic E-state index is 0.131. The van der Waals surface area contributed by atoms with Crippen molar-refractivity contribution in [1.82, 2.24) is 15.5 Å². The van der Waals surface area contributed by atoms with E-state index in [1.807, 2.05) is 38.4 Å². The van der Waals surface area contributed by atoms with Crippen molar-refractivity contribution in [3.05, 3.63) is 69.2 Å². The van der Waals surface area contributed by atoms with E-state index in [1.165, 1.54) is 12.1 Å². The van der Waals surface area contributed by atoms with Crippen LogP contribution < -0.4 is 10.6 Å². The van der Waals surface area contributed by atoms with Gasteiger partial charge in [-0.25, -0.2) is 0 Å². The number of nitrogens with one attached hydrogen (secondary N) is 2. The number of carbonyl (C=O) groups is 2. The molecule has 0 radical (unpaired) electrons. The average molecular weight is 394 g/mol. The Morgan fingerprint density at radius 3 is 2.35 bits per heavy atom. The van der Waals surface area contributed by atoms with Crippen molar-refractivity contribution < 1.29 is 9.59 Å². The minimum atomic E-state index is -0.421. The van der Waals surface area contributed by atoms with Gasteiger partial charge in [0.15, 0.2) is 0 Å². The van der Waals surface area contributed by atoms with E-state index in [0.29, 0.717) is 11.6 Å². The van der Waals surface area contributed by atoms with Crippen LogP contribution in [0, 0.1) is 0 Å². The van der Waals surface area contributed by atoms with E-state index in [1.54, 1.807) is 6.07 Å². The van der Waals surface area contributed by atoms with Gasteiger partial charge < -0.3 is 15.5 Å². The van der Waals surface area contributed by atoms with Crippen LogP contribution in [0.15, 0.2) is 42.5 Å². The Hall–Kier alpha value is -2.08. The molecule has 0 saturated carbocycles. The second kappa shape index (κ2) is 9.57. The second-order valence-corrected chi connectivity index (χ2v) is 6.93. The highest BCUT2D eigenvalue weighted by Gasteiger charge is 2.12. The molecule has 0 unspecified atom stereocenters. The molecule has 0 aromatic heterocycles. The Kier molecular flexibility index (Phi) is 7.45. The van der Waals surface area contributed by atoms with Gasteiger partial charge in [-0.1, -0.05) is 47.5 Å². The predicted molar refractivity (Wildman–Crippen MR) is 104 cm³/mol. The number of halogens is 2. The highest BCUT2D eigenvalue weighted by atomic mass is 35.5. The fraction of sp³-hybridized carbons (Fsp3) is 0.263. The number of nitrogens with zero attached hydrogens (tertiary/aromatic N) is 1. The number of hydrogen-bond acceptors (Lipinski definition) is 3. The molecule has 0 aliphatic carbocycles. The van der Waals surface area contributed by atoms with Crippen LogP contribution in [0.1, 0.15) is 21.5 Å². The van der Waals surface area contributed by atoms with Crippen LogP contribution in [-0.2, 0) is 17.9 Å². The summed E-state index contributed by atoms with van der Waals surface area (Å²) in [6.07, 6.45) is 0. The first-order valence-corrected chi connectivity index (χ1v) is 8.84. The standard InChI is InChI=1S/C19H21Cl2N3O2/c1-24(2)12-14-6-4-3-5-13(14)10-22-18(25)11-23-19(26)16-8-7-15(20)9-17(16)21/h3-9H,10-12H2,1-2H3,(H,22,25)(H,23,26). The minimum Gasteiger partial charge on any atom is -0.350 e. The molecule has 2 N–H and O–H groups in total. The van der Waals surface area contributed by atoms with E-state index in [0.717, 1.165) is 17.7 Å². The van der Waals surface area contributed by atoms with Crippen LogP contribution in [0.25, 0.3) is 0 Å². The molecule has 0 aliphatic heterocycles. The Morgan fingerprint density at radius 1 is 1.00 bits per heavy atom. The van der Waals surface area contributed by atoms with Gasteiger partial charge >= 0.3 is 0 Å². The maximum Gasteiger partial charge on any atom is 0.253 e. The van der Waals surface area contributed by atoms with Gasteiger partial charge in [0.2, 0.25) is 5.91 Å². The Labute approximate surface area is 163 Å². The van der Waals surface area contributed by atoms with Crippen molar-refractivity contribution in [3.8, 4) is 0 Å². The molecule has 26 heavy (non-hydrogen) atoms. The zero-order valence-electron chi connectivity index (χ0n) is 14.7. The van der Waals surface area contributed by atoms with Gasteiger partial charge in [-0.2, -0.15) is 0 Å². The quantitative estimate of drug-likeness (QED) is 0.759. The van der Waals surface area contributed by atoms with E-state index < -0.39 is 5.91 Å². The summed E-state index contributed by atoms with van der Waals surface area (Å²) in [5, 5.41) is 6.06. The largest absolute Gasteiger partial charge is 0.350 e. The molecule has 0 atom stereocenters. The topological polar surface area (TPSA) is 61.4 Å². The summed E-state index contributed by atoms with van der Waals surface area (Å²) in [6, 6.07) is 12.5. The summed E-state index contributed by atoms with van der Waals surface area (Å²) in [4.78, 5) is 26.2. The number of hydrogen-bond donors (Lipinski definition) is 2. The Bertz CT molecular complexity index is 794. The molecule has 0 heterocycles. The van der Waals surface area contributed by atoms with Crippen LogP contribution >= 0.6 is 23.2 Å². The van der Waals surface area contributed by atoms with Crippen LogP contribution in [0.2, 0.25) is 10.0 Å². The molecule has 138 valence electrons. The molecule has 5 nitrogen and oxygen atoms in total. The van der Waals surface area contributed by atoms with Crippen molar-refractivity contribution >= 4 is 35.0 Å². The molecular formula is C19H21Cl2N3O2. The Balaban J connectivity index is 1.87. The van der Waals surface area contributed by atoms with Crippen LogP contribution in [-0.4, -0.2) is 37.4 Å². The van der Waals surface area contributed by atoms with Gasteiger partial charge in [0.05, 0.1) is 17.1 Å². The fourth-order valence-corrected chi connectivity index (χ4v) is 2.90. The summed E-state index contributed by atoms with van der Waals surface area (Å²) in [6.45, 7) is 1.06. The van der Waals surface area contributed by atoms with E-state index in [2.05, 4.69) is 15.5 Å². The van der Waals surface area contributed by atoms with Crippen molar-refractivity contribution in [2.75, 3.05) is 20.6 Å². The number of carbonyl (C=O) groups excluding carboxylic acids is 2. The monoisotopic (exact) mass is 393 g/mol. The highest BCUT2D eigenvalue weighted by molar-refractivity contribution is 6.36. The lowest BCUT2D eigenvalue weighted by molar-refractivity contribution is -0.120.